The number of nitrogens with zero attached hydrogens (tertiary/aromatic N) is 7. The Bertz CT molecular complexity index is 2770. The number of hydrogen-bond donors (Lipinski definition) is 6. The summed E-state index contributed by atoms with van der Waals surface area (Å²) >= 11 is 0. The van der Waals surface area contributed by atoms with Crippen molar-refractivity contribution in [1.29, 1.82) is 0 Å². The fraction of sp³-hybridized carbons (Fsp3) is 0.739. The molecule has 12 atom stereocenters. The van der Waals surface area contributed by atoms with Gasteiger partial charge in [-0.2, -0.15) is 0 Å². The number of aromatic carboxylic acids is 1. The third kappa shape index (κ3) is 23.3. The Kier molecular flexibility index (Phi) is 33.3. The summed E-state index contributed by atoms with van der Waals surface area (Å²) in [6.07, 6.45) is 0.539. The lowest BCUT2D eigenvalue weighted by Crippen LogP contribution is -2.63. The molecular formula is C69H117N11O14. The van der Waals surface area contributed by atoms with Gasteiger partial charge >= 0.3 is 5.97 Å². The maximum Gasteiger partial charge on any atom is 0.335 e. The number of carboxylic acids is 1. The molecule has 0 aliphatic carbocycles. The van der Waals surface area contributed by atoms with Gasteiger partial charge in [0.25, 0.3) is 0 Å². The first-order valence-electron chi connectivity index (χ1n) is 33.6. The molecule has 2 rings (SSSR count). The van der Waals surface area contributed by atoms with Crippen molar-refractivity contribution in [3.63, 3.8) is 0 Å². The number of carboxylic acid groups (broad SMARTS) is 1. The van der Waals surface area contributed by atoms with Crippen LogP contribution in [0.1, 0.15) is 178 Å². The summed E-state index contributed by atoms with van der Waals surface area (Å²) in [4.78, 5) is 182. The van der Waals surface area contributed by atoms with Crippen LogP contribution in [0, 0.1) is 41.4 Å². The number of benzene rings is 1. The molecule has 1 aliphatic heterocycles. The molecule has 1 aromatic carbocycles. The van der Waals surface area contributed by atoms with E-state index in [1.54, 1.807) is 59.7 Å². The average Bonchev–Trinajstić information content (AvgIpc) is 0.807. The van der Waals surface area contributed by atoms with E-state index in [9.17, 15) is 48.6 Å². The van der Waals surface area contributed by atoms with Crippen LogP contribution in [-0.2, 0) is 59.2 Å². The number of carbonyl (C=O) groups excluding carboxylic acids is 11. The number of likely N-dealkylation sites (N-methyl/N-ethyl adjacent to an activating group) is 7. The van der Waals surface area contributed by atoms with Gasteiger partial charge in [-0.05, 0) is 131 Å². The van der Waals surface area contributed by atoms with Crippen LogP contribution < -0.4 is 21.3 Å². The van der Waals surface area contributed by atoms with Gasteiger partial charge in [-0.25, -0.2) is 4.79 Å². The number of nitrogens with one attached hydrogen (secondary N) is 4. The van der Waals surface area contributed by atoms with Crippen LogP contribution in [0.25, 0.3) is 0 Å². The van der Waals surface area contributed by atoms with Gasteiger partial charge in [0.15, 0.2) is 0 Å². The minimum atomic E-state index is -1.70. The van der Waals surface area contributed by atoms with Gasteiger partial charge in [-0.3, -0.25) is 52.7 Å². The van der Waals surface area contributed by atoms with Gasteiger partial charge in [0.1, 0.15) is 60.4 Å². The summed E-state index contributed by atoms with van der Waals surface area (Å²) in [6.45, 7) is 27.5. The van der Waals surface area contributed by atoms with Crippen LogP contribution in [0.3, 0.4) is 0 Å². The molecular weight excluding hydrogens is 1210 g/mol. The fourth-order valence-corrected chi connectivity index (χ4v) is 12.0. The first kappa shape index (κ1) is 82.9. The van der Waals surface area contributed by atoms with Crippen LogP contribution in [0.2, 0.25) is 0 Å². The van der Waals surface area contributed by atoms with E-state index < -0.39 is 162 Å². The first-order chi connectivity index (χ1) is 43.5. The van der Waals surface area contributed by atoms with E-state index in [0.717, 1.165) is 15.4 Å². The fourth-order valence-electron chi connectivity index (χ4n) is 12.0. The second kappa shape index (κ2) is 37.8. The SMILES string of the molecule is CC[C@@H]1NC(=O)[C@H]([C@H](O)[C@H](C)CCCc2cccc(C(=O)O)c2)N(C)C(=O)[C@H](C(C)C)N(C)C(=O)[C@H](CC(C)C)N(C)C(=O)[C@H](CC(C)C)N(C)C(=O)[C@H](C)NC(=O)[C@@H](C)NC(=O)[C@@H](CCC(C)C)N(C)C(=O)[C@@H](C(C)C)NC(=O)[C@H](CC(C)C)N(C)C(=O)CN(C)C1=O. The molecule has 0 unspecified atom stereocenters. The maximum absolute atomic E-state index is 15.4. The molecule has 1 fully saturated rings. The lowest BCUT2D eigenvalue weighted by molar-refractivity contribution is -0.157. The monoisotopic (exact) mass is 1320 g/mol. The molecule has 6 N–H and O–H groups in total. The lowest BCUT2D eigenvalue weighted by Gasteiger charge is -2.41. The van der Waals surface area contributed by atoms with Crippen LogP contribution in [0.5, 0.6) is 0 Å². The van der Waals surface area contributed by atoms with Gasteiger partial charge in [0.05, 0.1) is 18.2 Å². The smallest absolute Gasteiger partial charge is 0.335 e. The maximum atomic E-state index is 15.4. The third-order valence-electron chi connectivity index (χ3n) is 18.0. The molecule has 0 spiro atoms. The number of hydrogen-bond acceptors (Lipinski definition) is 13. The molecule has 0 aromatic heterocycles. The van der Waals surface area contributed by atoms with Gasteiger partial charge in [0, 0.05) is 49.3 Å². The molecule has 1 aliphatic rings. The van der Waals surface area contributed by atoms with Crippen LogP contribution in [0.15, 0.2) is 24.3 Å². The van der Waals surface area contributed by atoms with E-state index >= 15 is 19.2 Å². The van der Waals surface area contributed by atoms with Crippen molar-refractivity contribution in [1.82, 2.24) is 55.6 Å². The van der Waals surface area contributed by atoms with Gasteiger partial charge < -0.3 is 65.8 Å². The van der Waals surface area contributed by atoms with Gasteiger partial charge in [-0.15, -0.1) is 0 Å². The summed E-state index contributed by atoms with van der Waals surface area (Å²) in [5.74, 6) is -11.1. The Hall–Kier alpha value is -7.18. The normalized spacial score (nSPS) is 25.3. The minimum Gasteiger partial charge on any atom is -0.478 e. The van der Waals surface area contributed by atoms with Crippen LogP contribution >= 0.6 is 0 Å². The van der Waals surface area contributed by atoms with Crippen LogP contribution in [0.4, 0.5) is 0 Å². The van der Waals surface area contributed by atoms with E-state index in [2.05, 4.69) is 21.3 Å². The summed E-state index contributed by atoms with van der Waals surface area (Å²) in [5, 5.41) is 33.1. The number of aliphatic hydroxyl groups is 1. The van der Waals surface area contributed by atoms with Crippen LogP contribution in [-0.4, -0.2) is 238 Å². The Morgan fingerprint density at radius 2 is 1.00 bits per heavy atom. The first-order valence-corrected chi connectivity index (χ1v) is 33.6. The van der Waals surface area contributed by atoms with Crippen molar-refractivity contribution in [3.8, 4) is 0 Å². The number of aliphatic hydroxyl groups excluding tert-OH is 1. The summed E-state index contributed by atoms with van der Waals surface area (Å²) in [5.41, 5.74) is 0.829. The minimum absolute atomic E-state index is 0.0216. The summed E-state index contributed by atoms with van der Waals surface area (Å²) in [7, 11) is 9.82. The Morgan fingerprint density at radius 3 is 1.50 bits per heavy atom. The highest BCUT2D eigenvalue weighted by Gasteiger charge is 2.46. The highest BCUT2D eigenvalue weighted by atomic mass is 16.4. The molecule has 25 nitrogen and oxygen atoms in total. The predicted octanol–water partition coefficient (Wildman–Crippen LogP) is 4.41. The molecule has 0 radical (unpaired) electrons. The zero-order chi connectivity index (χ0) is 72.2. The van der Waals surface area contributed by atoms with E-state index in [1.807, 2.05) is 55.4 Å². The molecule has 1 aromatic rings. The average molecular weight is 1320 g/mol. The van der Waals surface area contributed by atoms with Crippen molar-refractivity contribution < 1.29 is 67.7 Å². The molecule has 1 heterocycles. The van der Waals surface area contributed by atoms with Crippen molar-refractivity contribution in [2.75, 3.05) is 55.9 Å². The molecule has 25 heteroatoms. The summed E-state index contributed by atoms with van der Waals surface area (Å²) < 4.78 is 0. The number of amides is 11. The van der Waals surface area contributed by atoms with Crippen molar-refractivity contribution in [2.45, 2.75) is 235 Å². The van der Waals surface area contributed by atoms with Gasteiger partial charge in [-0.1, -0.05) is 109 Å². The Morgan fingerprint density at radius 1 is 0.511 bits per heavy atom. The third-order valence-corrected chi connectivity index (χ3v) is 18.0. The molecule has 0 bridgehead atoms. The second-order valence-electron chi connectivity index (χ2n) is 28.5. The zero-order valence-corrected chi connectivity index (χ0v) is 60.7. The Labute approximate surface area is 559 Å². The molecule has 11 amide bonds. The molecule has 532 valence electrons. The summed E-state index contributed by atoms with van der Waals surface area (Å²) in [6, 6.07) is -6.27. The van der Waals surface area contributed by atoms with Crippen molar-refractivity contribution in [2.24, 2.45) is 41.4 Å². The zero-order valence-electron chi connectivity index (χ0n) is 60.7. The van der Waals surface area contributed by atoms with Crippen molar-refractivity contribution in [3.05, 3.63) is 35.4 Å². The van der Waals surface area contributed by atoms with E-state index in [4.69, 9.17) is 0 Å². The Balaban J connectivity index is 2.99. The van der Waals surface area contributed by atoms with E-state index in [1.165, 1.54) is 93.7 Å². The highest BCUT2D eigenvalue weighted by molar-refractivity contribution is 5.99. The highest BCUT2D eigenvalue weighted by Crippen LogP contribution is 2.27. The second-order valence-corrected chi connectivity index (χ2v) is 28.5. The standard InChI is InChI=1S/C69H117N11O14/c1-24-49-64(88)74(17)37-54(81)75(18)51(33-39(4)5)61(85)73-55(42(10)11)67(91)76(19)50(32-31-38(2)3)60(84)70-45(15)59(83)71-46(16)63(87)77(20)52(34-40(6)7)65(89)78(21)53(35-41(8)9)66(90)79(22)56(43(12)13)68(92)80(23)57(62(86)72-49)58(82)44(14)27-25-28-47-29-26-30-48(36-47)69(93)94/h26,29-30,36,38-46,49-53,55-58,82H,24-25,27-28,31-35,37H2,1-23H3,(H,70,84)(H,71,83)(H,72,86)(H,73,85)(H,93,94)/t44-,45-,46+,49+,50-,51+,52+,53+,55-,56+,57+,58-/m1/s1. The predicted molar refractivity (Wildman–Crippen MR) is 360 cm³/mol. The number of aryl methyl sites for hydroxylation is 1. The van der Waals surface area contributed by atoms with Crippen molar-refractivity contribution >= 4 is 70.9 Å². The number of rotatable bonds is 19. The quantitative estimate of drug-likeness (QED) is 0.112. The van der Waals surface area contributed by atoms with E-state index in [0.29, 0.717) is 19.3 Å². The molecule has 94 heavy (non-hydrogen) atoms. The van der Waals surface area contributed by atoms with Gasteiger partial charge in [0.2, 0.25) is 65.0 Å². The molecule has 0 saturated carbocycles. The topological polar surface area (TPSA) is 316 Å². The number of carbonyl (C=O) groups is 12. The molecule has 1 saturated heterocycles. The lowest BCUT2D eigenvalue weighted by atomic mass is 9.89. The largest absolute Gasteiger partial charge is 0.478 e. The van der Waals surface area contributed by atoms with E-state index in [-0.39, 0.29) is 67.8 Å².